The lowest BCUT2D eigenvalue weighted by Gasteiger charge is -2.94. The van der Waals surface area contributed by atoms with Crippen LogP contribution in [0.2, 0.25) is 0 Å². The standard InChI is InChI=1S/C34H38N2O10/c1-35-23-31(27(37)43-5)21(17-9-13-19(41-3)14-10-17)32(28(38)44-6)24(35)34(30(40)46-8)22(18-11-15-20(42-4)16-12-18)33(23,29(39)45-7)25(31)36(2)26(32)34/h9-16,21-26H,1-8H3. The molecule has 46 heavy (non-hydrogen) atoms. The summed E-state index contributed by atoms with van der Waals surface area (Å²) in [6.07, 6.45) is 0. The Morgan fingerprint density at radius 1 is 0.478 bits per heavy atom. The van der Waals surface area contributed by atoms with Gasteiger partial charge in [-0.1, -0.05) is 24.3 Å². The van der Waals surface area contributed by atoms with Gasteiger partial charge in [-0.15, -0.1) is 0 Å². The van der Waals surface area contributed by atoms with Gasteiger partial charge >= 0.3 is 23.9 Å². The lowest BCUT2D eigenvalue weighted by molar-refractivity contribution is -0.438. The Bertz CT molecular complexity index is 1430. The molecule has 0 spiro atoms. The SMILES string of the molecule is COC(=O)C12C(c3ccc(OC)cc3)C3(C(=O)OC)C4N(C)C1C1(C(=O)OC)C(c5ccc(OC)cc5)C4(C(=O)OC)C3N(C)C21. The highest BCUT2D eigenvalue weighted by atomic mass is 16.5. The Morgan fingerprint density at radius 3 is 0.913 bits per heavy atom. The van der Waals surface area contributed by atoms with E-state index in [4.69, 9.17) is 28.4 Å². The topological polar surface area (TPSA) is 130 Å². The lowest BCUT2D eigenvalue weighted by atomic mass is 9.15. The Kier molecular flexibility index (Phi) is 6.42. The van der Waals surface area contributed by atoms with E-state index in [0.717, 1.165) is 0 Å². The molecule has 8 bridgehead atoms. The summed E-state index contributed by atoms with van der Waals surface area (Å²) in [5.41, 5.74) is -4.46. The first-order valence-electron chi connectivity index (χ1n) is 15.1. The number of hydrogen-bond donors (Lipinski definition) is 0. The van der Waals surface area contributed by atoms with E-state index in [1.54, 1.807) is 52.6 Å². The van der Waals surface area contributed by atoms with Crippen LogP contribution in [0.1, 0.15) is 23.0 Å². The second-order valence-electron chi connectivity index (χ2n) is 13.1. The number of esters is 4. The van der Waals surface area contributed by atoms with E-state index in [-0.39, 0.29) is 0 Å². The first kappa shape index (κ1) is 30.5. The maximum atomic E-state index is 14.6. The number of methoxy groups -OCH3 is 6. The molecule has 244 valence electrons. The molecule has 12 heteroatoms. The Balaban J connectivity index is 1.64. The number of carbonyl (C=O) groups excluding carboxylic acids is 4. The zero-order chi connectivity index (χ0) is 33.1. The second-order valence-corrected chi connectivity index (χ2v) is 13.1. The van der Waals surface area contributed by atoms with Crippen molar-refractivity contribution in [1.29, 1.82) is 0 Å². The molecule has 0 unspecified atom stereocenters. The predicted molar refractivity (Wildman–Crippen MR) is 160 cm³/mol. The van der Waals surface area contributed by atoms with Gasteiger partial charge in [0.05, 0.1) is 42.7 Å². The van der Waals surface area contributed by atoms with Crippen molar-refractivity contribution in [1.82, 2.24) is 9.80 Å². The first-order chi connectivity index (χ1) is 22.0. The Morgan fingerprint density at radius 2 is 0.717 bits per heavy atom. The lowest BCUT2D eigenvalue weighted by Crippen LogP contribution is -3.09. The van der Waals surface area contributed by atoms with Crippen LogP contribution in [0, 0.1) is 21.7 Å². The van der Waals surface area contributed by atoms with Gasteiger partial charge < -0.3 is 28.4 Å². The summed E-state index contributed by atoms with van der Waals surface area (Å²) in [5.74, 6) is -2.74. The summed E-state index contributed by atoms with van der Waals surface area (Å²) in [6.45, 7) is 0. The van der Waals surface area contributed by atoms with Gasteiger partial charge in [-0.25, -0.2) is 0 Å². The first-order valence-corrected chi connectivity index (χ1v) is 15.1. The summed E-state index contributed by atoms with van der Waals surface area (Å²) in [5, 5.41) is 0. The normalized spacial score (nSPS) is 39.4. The monoisotopic (exact) mass is 634 g/mol. The average Bonchev–Trinajstić information content (AvgIpc) is 3.05. The minimum Gasteiger partial charge on any atom is -0.497 e. The van der Waals surface area contributed by atoms with Crippen molar-refractivity contribution < 1.29 is 47.6 Å². The van der Waals surface area contributed by atoms with Crippen molar-refractivity contribution in [2.24, 2.45) is 21.7 Å². The van der Waals surface area contributed by atoms with Gasteiger partial charge in [0.25, 0.3) is 0 Å². The molecular formula is C34H38N2O10. The highest BCUT2D eigenvalue weighted by Crippen LogP contribution is 2.92. The summed E-state index contributed by atoms with van der Waals surface area (Å²) < 4.78 is 33.4. The van der Waals surface area contributed by atoms with Crippen molar-refractivity contribution in [2.45, 2.75) is 36.0 Å². The number of hydrogen-bond acceptors (Lipinski definition) is 12. The predicted octanol–water partition coefficient (Wildman–Crippen LogP) is 1.61. The minimum absolute atomic E-state index is 0.562. The number of nitrogens with zero attached hydrogens (tertiary/aromatic N) is 2. The van der Waals surface area contributed by atoms with Crippen molar-refractivity contribution in [3.8, 4) is 11.5 Å². The van der Waals surface area contributed by atoms with Crippen LogP contribution < -0.4 is 9.47 Å². The molecule has 6 aliphatic rings. The highest BCUT2D eigenvalue weighted by molar-refractivity contribution is 6.02. The second kappa shape index (κ2) is 9.68. The summed E-state index contributed by atoms with van der Waals surface area (Å²) >= 11 is 0. The van der Waals surface area contributed by atoms with Gasteiger partial charge in [0, 0.05) is 36.0 Å². The highest BCUT2D eigenvalue weighted by Gasteiger charge is 3.05. The smallest absolute Gasteiger partial charge is 0.315 e. The van der Waals surface area contributed by atoms with E-state index >= 15 is 0 Å². The number of benzene rings is 2. The van der Waals surface area contributed by atoms with Gasteiger partial charge in [-0.3, -0.25) is 29.0 Å². The molecule has 0 radical (unpaired) electrons. The molecule has 8 rings (SSSR count). The van der Waals surface area contributed by atoms with Crippen LogP contribution in [0.15, 0.2) is 48.5 Å². The molecule has 0 atom stereocenters. The molecule has 4 saturated heterocycles. The maximum absolute atomic E-state index is 14.6. The van der Waals surface area contributed by atoms with Crippen molar-refractivity contribution in [3.05, 3.63) is 59.7 Å². The minimum atomic E-state index is -1.45. The molecule has 0 N–H and O–H groups in total. The van der Waals surface area contributed by atoms with Gasteiger partial charge in [0.15, 0.2) is 0 Å². The summed E-state index contributed by atoms with van der Waals surface area (Å²) in [6, 6.07) is 11.0. The zero-order valence-electron chi connectivity index (χ0n) is 27.1. The van der Waals surface area contributed by atoms with Crippen molar-refractivity contribution in [3.63, 3.8) is 0 Å². The van der Waals surface area contributed by atoms with E-state index in [1.807, 2.05) is 34.1 Å². The average molecular weight is 635 g/mol. The number of carbonyl (C=O) groups is 4. The van der Waals surface area contributed by atoms with Crippen LogP contribution in [0.3, 0.4) is 0 Å². The van der Waals surface area contributed by atoms with Crippen LogP contribution in [-0.2, 0) is 38.1 Å². The van der Waals surface area contributed by atoms with Gasteiger partial charge in [-0.05, 0) is 49.5 Å². The molecule has 4 heterocycles. The largest absolute Gasteiger partial charge is 0.497 e. The van der Waals surface area contributed by atoms with E-state index in [1.165, 1.54) is 28.4 Å². The third kappa shape index (κ3) is 2.75. The third-order valence-corrected chi connectivity index (χ3v) is 12.2. The molecule has 2 saturated carbocycles. The van der Waals surface area contributed by atoms with E-state index < -0.39 is 81.5 Å². The fourth-order valence-corrected chi connectivity index (χ4v) is 11.8. The van der Waals surface area contributed by atoms with Crippen LogP contribution in [0.5, 0.6) is 11.5 Å². The molecular weight excluding hydrogens is 596 g/mol. The number of ether oxygens (including phenoxy) is 6. The molecule has 2 aromatic carbocycles. The molecule has 0 amide bonds. The zero-order valence-corrected chi connectivity index (χ0v) is 27.1. The summed E-state index contributed by atoms with van der Waals surface area (Å²) in [4.78, 5) is 62.2. The Labute approximate surface area is 266 Å². The van der Waals surface area contributed by atoms with Crippen LogP contribution in [0.4, 0.5) is 0 Å². The molecule has 4 aliphatic heterocycles. The Hall–Kier alpha value is -4.16. The van der Waals surface area contributed by atoms with E-state index in [0.29, 0.717) is 22.6 Å². The number of rotatable bonds is 8. The quantitative estimate of drug-likeness (QED) is 0.309. The number of piperidine rings is 4. The van der Waals surface area contributed by atoms with Gasteiger partial charge in [-0.2, -0.15) is 0 Å². The molecule has 0 aromatic heterocycles. The summed E-state index contributed by atoms with van der Waals surface area (Å²) in [7, 11) is 11.9. The van der Waals surface area contributed by atoms with E-state index in [2.05, 4.69) is 0 Å². The fourth-order valence-electron chi connectivity index (χ4n) is 11.8. The van der Waals surface area contributed by atoms with Crippen molar-refractivity contribution >= 4 is 23.9 Å². The molecule has 2 aromatic rings. The van der Waals surface area contributed by atoms with Crippen LogP contribution >= 0.6 is 0 Å². The molecule has 2 aliphatic carbocycles. The van der Waals surface area contributed by atoms with Gasteiger partial charge in [0.2, 0.25) is 0 Å². The van der Waals surface area contributed by atoms with Gasteiger partial charge in [0.1, 0.15) is 33.2 Å². The van der Waals surface area contributed by atoms with Crippen LogP contribution in [0.25, 0.3) is 0 Å². The van der Waals surface area contributed by atoms with Crippen molar-refractivity contribution in [2.75, 3.05) is 56.8 Å². The molecule has 6 fully saturated rings. The van der Waals surface area contributed by atoms with E-state index in [9.17, 15) is 19.2 Å². The molecule has 12 nitrogen and oxygen atoms in total. The van der Waals surface area contributed by atoms with Crippen LogP contribution in [-0.4, -0.2) is 115 Å². The maximum Gasteiger partial charge on any atom is 0.315 e. The fraction of sp³-hybridized carbons (Fsp3) is 0.529. The third-order valence-electron chi connectivity index (χ3n) is 12.2.